The molecule has 0 aromatic carbocycles. The fraction of sp³-hybridized carbons (Fsp3) is 0.500. The standard InChI is InChI=1S/C12H18BrN3O2/c1-3-16(5-6-18-4-2)12(17)10-7-9(13)8-15-11(10)14/h7-8H,3-6H2,1-2H3,(H2,14,15). The predicted octanol–water partition coefficient (Wildman–Crippen LogP) is 1.92. The number of hydrogen-bond acceptors (Lipinski definition) is 4. The van der Waals surface area contributed by atoms with Crippen LogP contribution in [0.3, 0.4) is 0 Å². The molecule has 1 aromatic heterocycles. The zero-order valence-corrected chi connectivity index (χ0v) is 12.2. The fourth-order valence-electron chi connectivity index (χ4n) is 1.51. The molecule has 0 unspecified atom stereocenters. The van der Waals surface area contributed by atoms with Gasteiger partial charge in [0.1, 0.15) is 5.82 Å². The average Bonchev–Trinajstić information content (AvgIpc) is 2.37. The maximum atomic E-state index is 12.3. The van der Waals surface area contributed by atoms with Crippen molar-refractivity contribution in [1.82, 2.24) is 9.88 Å². The van der Waals surface area contributed by atoms with Gasteiger partial charge in [0.2, 0.25) is 0 Å². The van der Waals surface area contributed by atoms with Gasteiger partial charge in [-0.2, -0.15) is 0 Å². The van der Waals surface area contributed by atoms with Gasteiger partial charge in [0.15, 0.2) is 0 Å². The maximum Gasteiger partial charge on any atom is 0.257 e. The number of nitrogen functional groups attached to an aromatic ring is 1. The second kappa shape index (κ2) is 7.33. The van der Waals surface area contributed by atoms with Crippen molar-refractivity contribution in [3.05, 3.63) is 22.3 Å². The Labute approximate surface area is 115 Å². The van der Waals surface area contributed by atoms with Gasteiger partial charge < -0.3 is 15.4 Å². The van der Waals surface area contributed by atoms with Crippen LogP contribution in [0.5, 0.6) is 0 Å². The van der Waals surface area contributed by atoms with Crippen LogP contribution in [-0.4, -0.2) is 42.1 Å². The highest BCUT2D eigenvalue weighted by Gasteiger charge is 2.17. The third-order valence-electron chi connectivity index (χ3n) is 2.49. The van der Waals surface area contributed by atoms with Crippen LogP contribution in [0.4, 0.5) is 5.82 Å². The molecule has 2 N–H and O–H groups in total. The Morgan fingerprint density at radius 2 is 2.28 bits per heavy atom. The van der Waals surface area contributed by atoms with E-state index in [0.29, 0.717) is 31.9 Å². The molecule has 0 spiro atoms. The van der Waals surface area contributed by atoms with E-state index in [2.05, 4.69) is 20.9 Å². The topological polar surface area (TPSA) is 68.5 Å². The lowest BCUT2D eigenvalue weighted by molar-refractivity contribution is 0.0670. The summed E-state index contributed by atoms with van der Waals surface area (Å²) in [6, 6.07) is 1.69. The molecular weight excluding hydrogens is 298 g/mol. The normalized spacial score (nSPS) is 10.4. The number of carbonyl (C=O) groups is 1. The molecule has 0 bridgehead atoms. The van der Waals surface area contributed by atoms with E-state index in [1.807, 2.05) is 13.8 Å². The number of nitrogens with two attached hydrogens (primary N) is 1. The number of rotatable bonds is 6. The average molecular weight is 316 g/mol. The minimum Gasteiger partial charge on any atom is -0.383 e. The van der Waals surface area contributed by atoms with E-state index < -0.39 is 0 Å². The first-order valence-corrected chi connectivity index (χ1v) is 6.67. The van der Waals surface area contributed by atoms with Crippen molar-refractivity contribution in [2.75, 3.05) is 32.0 Å². The molecule has 5 nitrogen and oxygen atoms in total. The van der Waals surface area contributed by atoms with E-state index in [1.165, 1.54) is 0 Å². The number of aromatic nitrogens is 1. The van der Waals surface area contributed by atoms with Crippen LogP contribution >= 0.6 is 15.9 Å². The van der Waals surface area contributed by atoms with Crippen LogP contribution in [0.1, 0.15) is 24.2 Å². The number of amides is 1. The molecule has 0 fully saturated rings. The second-order valence-corrected chi connectivity index (χ2v) is 4.58. The highest BCUT2D eigenvalue weighted by Crippen LogP contribution is 2.17. The van der Waals surface area contributed by atoms with Crippen LogP contribution in [0, 0.1) is 0 Å². The van der Waals surface area contributed by atoms with E-state index >= 15 is 0 Å². The summed E-state index contributed by atoms with van der Waals surface area (Å²) in [5, 5.41) is 0. The first-order chi connectivity index (χ1) is 8.60. The zero-order chi connectivity index (χ0) is 13.5. The van der Waals surface area contributed by atoms with E-state index in [-0.39, 0.29) is 11.7 Å². The number of pyridine rings is 1. The fourth-order valence-corrected chi connectivity index (χ4v) is 1.85. The van der Waals surface area contributed by atoms with Crippen LogP contribution in [-0.2, 0) is 4.74 Å². The van der Waals surface area contributed by atoms with Gasteiger partial charge in [0.05, 0.1) is 12.2 Å². The summed E-state index contributed by atoms with van der Waals surface area (Å²) < 4.78 is 5.99. The largest absolute Gasteiger partial charge is 0.383 e. The Morgan fingerprint density at radius 1 is 1.56 bits per heavy atom. The van der Waals surface area contributed by atoms with E-state index in [9.17, 15) is 4.79 Å². The van der Waals surface area contributed by atoms with Gasteiger partial charge in [-0.3, -0.25) is 4.79 Å². The Hall–Kier alpha value is -1.14. The Bertz CT molecular complexity index is 412. The molecule has 100 valence electrons. The summed E-state index contributed by atoms with van der Waals surface area (Å²) in [6.45, 7) is 6.18. The lowest BCUT2D eigenvalue weighted by Crippen LogP contribution is -2.34. The van der Waals surface area contributed by atoms with Gasteiger partial charge in [-0.1, -0.05) is 0 Å². The number of anilines is 1. The number of likely N-dealkylation sites (N-methyl/N-ethyl adjacent to an activating group) is 1. The molecule has 18 heavy (non-hydrogen) atoms. The lowest BCUT2D eigenvalue weighted by Gasteiger charge is -2.21. The van der Waals surface area contributed by atoms with Crippen LogP contribution in [0.2, 0.25) is 0 Å². The molecule has 0 atom stereocenters. The summed E-state index contributed by atoms with van der Waals surface area (Å²) in [6.07, 6.45) is 1.57. The van der Waals surface area contributed by atoms with Crippen molar-refractivity contribution in [2.24, 2.45) is 0 Å². The van der Waals surface area contributed by atoms with Gasteiger partial charge >= 0.3 is 0 Å². The zero-order valence-electron chi connectivity index (χ0n) is 10.6. The van der Waals surface area contributed by atoms with Gasteiger partial charge in [-0.15, -0.1) is 0 Å². The van der Waals surface area contributed by atoms with Crippen LogP contribution < -0.4 is 5.73 Å². The molecular formula is C12H18BrN3O2. The van der Waals surface area contributed by atoms with Crippen molar-refractivity contribution < 1.29 is 9.53 Å². The first-order valence-electron chi connectivity index (χ1n) is 5.88. The summed E-state index contributed by atoms with van der Waals surface area (Å²) in [4.78, 5) is 17.9. The molecule has 0 saturated carbocycles. The third kappa shape index (κ3) is 3.96. The van der Waals surface area contributed by atoms with Crippen LogP contribution in [0.25, 0.3) is 0 Å². The Kier molecular flexibility index (Phi) is 6.07. The molecule has 0 saturated heterocycles. The smallest absolute Gasteiger partial charge is 0.257 e. The minimum absolute atomic E-state index is 0.122. The number of carbonyl (C=O) groups excluding carboxylic acids is 1. The predicted molar refractivity (Wildman–Crippen MR) is 74.4 cm³/mol. The maximum absolute atomic E-state index is 12.3. The molecule has 1 heterocycles. The highest BCUT2D eigenvalue weighted by molar-refractivity contribution is 9.10. The van der Waals surface area contributed by atoms with Crippen molar-refractivity contribution >= 4 is 27.7 Å². The van der Waals surface area contributed by atoms with Gasteiger partial charge in [0.25, 0.3) is 5.91 Å². The SMILES string of the molecule is CCOCCN(CC)C(=O)c1cc(Br)cnc1N. The lowest BCUT2D eigenvalue weighted by atomic mass is 10.2. The molecule has 0 aliphatic carbocycles. The molecule has 1 rings (SSSR count). The van der Waals surface area contributed by atoms with Crippen LogP contribution in [0.15, 0.2) is 16.7 Å². The van der Waals surface area contributed by atoms with Crippen molar-refractivity contribution in [2.45, 2.75) is 13.8 Å². The number of nitrogens with zero attached hydrogens (tertiary/aromatic N) is 2. The molecule has 1 amide bonds. The second-order valence-electron chi connectivity index (χ2n) is 3.67. The van der Waals surface area contributed by atoms with Crippen molar-refractivity contribution in [3.63, 3.8) is 0 Å². The highest BCUT2D eigenvalue weighted by atomic mass is 79.9. The summed E-state index contributed by atoms with van der Waals surface area (Å²) in [7, 11) is 0. The van der Waals surface area contributed by atoms with Gasteiger partial charge in [-0.25, -0.2) is 4.98 Å². The third-order valence-corrected chi connectivity index (χ3v) is 2.93. The van der Waals surface area contributed by atoms with Gasteiger partial charge in [-0.05, 0) is 35.8 Å². The Balaban J connectivity index is 2.79. The van der Waals surface area contributed by atoms with Crippen molar-refractivity contribution in [1.29, 1.82) is 0 Å². The summed E-state index contributed by atoms with van der Waals surface area (Å²) in [5.41, 5.74) is 6.15. The number of ether oxygens (including phenoxy) is 1. The summed E-state index contributed by atoms with van der Waals surface area (Å²) in [5.74, 6) is 0.126. The molecule has 0 radical (unpaired) electrons. The molecule has 6 heteroatoms. The van der Waals surface area contributed by atoms with Crippen molar-refractivity contribution in [3.8, 4) is 0 Å². The quantitative estimate of drug-likeness (QED) is 0.814. The van der Waals surface area contributed by atoms with E-state index in [1.54, 1.807) is 17.2 Å². The molecule has 0 aliphatic heterocycles. The number of hydrogen-bond donors (Lipinski definition) is 1. The number of halogens is 1. The molecule has 0 aliphatic rings. The monoisotopic (exact) mass is 315 g/mol. The van der Waals surface area contributed by atoms with E-state index in [4.69, 9.17) is 10.5 Å². The first kappa shape index (κ1) is 14.9. The minimum atomic E-state index is -0.122. The molecule has 1 aromatic rings. The summed E-state index contributed by atoms with van der Waals surface area (Å²) >= 11 is 3.29. The Morgan fingerprint density at radius 3 is 2.89 bits per heavy atom. The van der Waals surface area contributed by atoms with E-state index in [0.717, 1.165) is 4.47 Å². The van der Waals surface area contributed by atoms with Gasteiger partial charge in [0, 0.05) is 30.4 Å².